The van der Waals surface area contributed by atoms with Crippen molar-refractivity contribution in [3.63, 3.8) is 0 Å². The highest BCUT2D eigenvalue weighted by Crippen LogP contribution is 2.07. The average Bonchev–Trinajstić information content (AvgIpc) is 2.90. The number of rotatable bonds is 4. The molecule has 1 aromatic rings. The molecule has 96 valence electrons. The van der Waals surface area contributed by atoms with Crippen LogP contribution in [0.5, 0.6) is 0 Å². The summed E-state index contributed by atoms with van der Waals surface area (Å²) in [4.78, 5) is 22.8. The molecule has 18 heavy (non-hydrogen) atoms. The molecule has 5 heteroatoms. The number of hydrogen-bond donors (Lipinski definition) is 3. The molecule has 0 spiro atoms. The van der Waals surface area contributed by atoms with Gasteiger partial charge in [-0.05, 0) is 37.1 Å². The largest absolute Gasteiger partial charge is 0.366 e. The number of nitrogens with one attached hydrogen (secondary N) is 2. The fourth-order valence-electron chi connectivity index (χ4n) is 2.06. The molecule has 0 radical (unpaired) electrons. The lowest BCUT2D eigenvalue weighted by atomic mass is 10.1. The van der Waals surface area contributed by atoms with Crippen molar-refractivity contribution in [1.29, 1.82) is 0 Å². The Bertz CT molecular complexity index is 453. The van der Waals surface area contributed by atoms with Gasteiger partial charge in [-0.1, -0.05) is 12.1 Å². The predicted molar refractivity (Wildman–Crippen MR) is 67.8 cm³/mol. The van der Waals surface area contributed by atoms with Crippen molar-refractivity contribution < 1.29 is 9.59 Å². The van der Waals surface area contributed by atoms with Crippen molar-refractivity contribution >= 4 is 11.8 Å². The Kier molecular flexibility index (Phi) is 3.94. The fraction of sp³-hybridized carbons (Fsp3) is 0.385. The molecule has 0 saturated carbocycles. The van der Waals surface area contributed by atoms with Crippen LogP contribution < -0.4 is 16.4 Å². The number of nitrogens with two attached hydrogens (primary N) is 1. The van der Waals surface area contributed by atoms with E-state index in [0.717, 1.165) is 24.9 Å². The van der Waals surface area contributed by atoms with E-state index in [1.165, 1.54) is 0 Å². The first kappa shape index (κ1) is 12.6. The Morgan fingerprint density at radius 1 is 1.44 bits per heavy atom. The van der Waals surface area contributed by atoms with Gasteiger partial charge >= 0.3 is 0 Å². The van der Waals surface area contributed by atoms with Gasteiger partial charge in [0.2, 0.25) is 11.8 Å². The second kappa shape index (κ2) is 5.64. The number of hydrogen-bond acceptors (Lipinski definition) is 3. The van der Waals surface area contributed by atoms with Crippen LogP contribution in [0.4, 0.5) is 0 Å². The molecular formula is C13H17N3O2. The van der Waals surface area contributed by atoms with E-state index in [2.05, 4.69) is 10.6 Å². The van der Waals surface area contributed by atoms with Gasteiger partial charge in [-0.3, -0.25) is 9.59 Å². The van der Waals surface area contributed by atoms with Gasteiger partial charge in [0.1, 0.15) is 0 Å². The van der Waals surface area contributed by atoms with Gasteiger partial charge in [0, 0.05) is 12.1 Å². The fourth-order valence-corrected chi connectivity index (χ4v) is 2.06. The van der Waals surface area contributed by atoms with E-state index in [1.54, 1.807) is 18.2 Å². The monoisotopic (exact) mass is 247 g/mol. The first-order chi connectivity index (χ1) is 8.66. The van der Waals surface area contributed by atoms with Crippen LogP contribution in [-0.2, 0) is 11.3 Å². The number of primary amides is 1. The highest BCUT2D eigenvalue weighted by Gasteiger charge is 2.21. The summed E-state index contributed by atoms with van der Waals surface area (Å²) >= 11 is 0. The zero-order valence-electron chi connectivity index (χ0n) is 10.1. The number of carbonyl (C=O) groups excluding carboxylic acids is 2. The zero-order chi connectivity index (χ0) is 13.0. The molecule has 2 amide bonds. The lowest BCUT2D eigenvalue weighted by Gasteiger charge is -2.11. The lowest BCUT2D eigenvalue weighted by molar-refractivity contribution is -0.122. The van der Waals surface area contributed by atoms with Crippen molar-refractivity contribution in [3.05, 3.63) is 35.4 Å². The molecule has 1 aromatic carbocycles. The zero-order valence-corrected chi connectivity index (χ0v) is 10.1. The maximum atomic E-state index is 11.8. The third kappa shape index (κ3) is 3.07. The predicted octanol–water partition coefficient (Wildman–Crippen LogP) is 0.154. The van der Waals surface area contributed by atoms with Crippen LogP contribution in [0.2, 0.25) is 0 Å². The Morgan fingerprint density at radius 3 is 2.94 bits per heavy atom. The van der Waals surface area contributed by atoms with Gasteiger partial charge in [-0.2, -0.15) is 0 Å². The first-order valence-electron chi connectivity index (χ1n) is 6.06. The average molecular weight is 247 g/mol. The summed E-state index contributed by atoms with van der Waals surface area (Å²) in [5.41, 5.74) is 6.53. The quantitative estimate of drug-likeness (QED) is 0.708. The summed E-state index contributed by atoms with van der Waals surface area (Å²) in [5.74, 6) is -0.447. The van der Waals surface area contributed by atoms with Crippen LogP contribution in [0.1, 0.15) is 28.8 Å². The van der Waals surface area contributed by atoms with Crippen LogP contribution in [0, 0.1) is 0 Å². The normalized spacial score (nSPS) is 18.6. The summed E-state index contributed by atoms with van der Waals surface area (Å²) < 4.78 is 0. The standard InChI is InChI=1S/C13H17N3O2/c14-12(17)10-4-1-3-9(7-10)8-16-13(18)11-5-2-6-15-11/h1,3-4,7,11,15H,2,5-6,8H2,(H2,14,17)(H,16,18). The number of carbonyl (C=O) groups is 2. The lowest BCUT2D eigenvalue weighted by Crippen LogP contribution is -2.40. The molecule has 4 N–H and O–H groups in total. The van der Waals surface area contributed by atoms with Crippen LogP contribution in [0.3, 0.4) is 0 Å². The Hall–Kier alpha value is -1.88. The van der Waals surface area contributed by atoms with Gasteiger partial charge in [-0.25, -0.2) is 0 Å². The van der Waals surface area contributed by atoms with E-state index >= 15 is 0 Å². The highest BCUT2D eigenvalue weighted by atomic mass is 16.2. The molecule has 1 unspecified atom stereocenters. The van der Waals surface area contributed by atoms with Crippen molar-refractivity contribution in [2.75, 3.05) is 6.54 Å². The molecule has 1 atom stereocenters. The molecular weight excluding hydrogens is 230 g/mol. The van der Waals surface area contributed by atoms with Crippen molar-refractivity contribution in [2.24, 2.45) is 5.73 Å². The third-order valence-corrected chi connectivity index (χ3v) is 3.06. The van der Waals surface area contributed by atoms with Gasteiger partial charge in [0.05, 0.1) is 6.04 Å². The third-order valence-electron chi connectivity index (χ3n) is 3.06. The van der Waals surface area contributed by atoms with Gasteiger partial charge in [0.15, 0.2) is 0 Å². The van der Waals surface area contributed by atoms with Crippen molar-refractivity contribution in [2.45, 2.75) is 25.4 Å². The molecule has 0 bridgehead atoms. The minimum Gasteiger partial charge on any atom is -0.366 e. The van der Waals surface area contributed by atoms with E-state index in [0.29, 0.717) is 12.1 Å². The van der Waals surface area contributed by atoms with Gasteiger partial charge in [0.25, 0.3) is 0 Å². The molecule has 1 aliphatic heterocycles. The Balaban J connectivity index is 1.91. The summed E-state index contributed by atoms with van der Waals surface area (Å²) in [7, 11) is 0. The molecule has 1 saturated heterocycles. The number of amides is 2. The molecule has 2 rings (SSSR count). The summed E-state index contributed by atoms with van der Waals surface area (Å²) in [6.45, 7) is 1.31. The van der Waals surface area contributed by atoms with Crippen molar-refractivity contribution in [1.82, 2.24) is 10.6 Å². The summed E-state index contributed by atoms with van der Waals surface area (Å²) in [5, 5.41) is 5.99. The molecule has 1 heterocycles. The molecule has 0 aliphatic carbocycles. The summed E-state index contributed by atoms with van der Waals surface area (Å²) in [6.07, 6.45) is 1.92. The van der Waals surface area contributed by atoms with Crippen molar-refractivity contribution in [3.8, 4) is 0 Å². The van der Waals surface area contributed by atoms with Crippen LogP contribution in [0.15, 0.2) is 24.3 Å². The SMILES string of the molecule is NC(=O)c1cccc(CNC(=O)C2CCCN2)c1. The second-order valence-electron chi connectivity index (χ2n) is 4.43. The molecule has 1 aliphatic rings. The minimum absolute atomic E-state index is 0.0111. The smallest absolute Gasteiger partial charge is 0.248 e. The van der Waals surface area contributed by atoms with E-state index in [1.807, 2.05) is 6.07 Å². The van der Waals surface area contributed by atoms with E-state index in [-0.39, 0.29) is 11.9 Å². The van der Waals surface area contributed by atoms with E-state index in [4.69, 9.17) is 5.73 Å². The Labute approximate surface area is 106 Å². The topological polar surface area (TPSA) is 84.2 Å². The molecule has 5 nitrogen and oxygen atoms in total. The Morgan fingerprint density at radius 2 is 2.28 bits per heavy atom. The maximum absolute atomic E-state index is 11.8. The highest BCUT2D eigenvalue weighted by molar-refractivity contribution is 5.92. The van der Waals surface area contributed by atoms with E-state index < -0.39 is 5.91 Å². The molecule has 1 fully saturated rings. The first-order valence-corrected chi connectivity index (χ1v) is 6.06. The van der Waals surface area contributed by atoms with Crippen LogP contribution >= 0.6 is 0 Å². The minimum atomic E-state index is -0.458. The van der Waals surface area contributed by atoms with Gasteiger partial charge < -0.3 is 16.4 Å². The van der Waals surface area contributed by atoms with Gasteiger partial charge in [-0.15, -0.1) is 0 Å². The van der Waals surface area contributed by atoms with Crippen LogP contribution in [0.25, 0.3) is 0 Å². The molecule has 0 aromatic heterocycles. The maximum Gasteiger partial charge on any atom is 0.248 e. The van der Waals surface area contributed by atoms with E-state index in [9.17, 15) is 9.59 Å². The number of benzene rings is 1. The van der Waals surface area contributed by atoms with Crippen LogP contribution in [-0.4, -0.2) is 24.4 Å². The second-order valence-corrected chi connectivity index (χ2v) is 4.43. The summed E-state index contributed by atoms with van der Waals surface area (Å²) in [6, 6.07) is 6.89.